The standard InChI is InChI=1S/C14H26N2O3/c1-4-10(3)11(12(17)18)16-13(19)15-9-14(5-2)7-6-8-14/h10-11H,4-9H2,1-3H3,(H,17,18)(H2,15,16,19)/t10-,11-/m0/s1. The summed E-state index contributed by atoms with van der Waals surface area (Å²) in [7, 11) is 0. The molecule has 0 aromatic carbocycles. The van der Waals surface area contributed by atoms with E-state index in [4.69, 9.17) is 5.11 Å². The zero-order chi connectivity index (χ0) is 14.5. The van der Waals surface area contributed by atoms with Gasteiger partial charge in [0.2, 0.25) is 0 Å². The number of carboxylic acid groups (broad SMARTS) is 1. The molecule has 3 N–H and O–H groups in total. The smallest absolute Gasteiger partial charge is 0.326 e. The molecule has 1 aliphatic carbocycles. The highest BCUT2D eigenvalue weighted by Gasteiger charge is 2.35. The Morgan fingerprint density at radius 1 is 1.32 bits per heavy atom. The van der Waals surface area contributed by atoms with Crippen molar-refractivity contribution in [2.75, 3.05) is 6.54 Å². The van der Waals surface area contributed by atoms with Crippen LogP contribution in [0.5, 0.6) is 0 Å². The first-order valence-corrected chi connectivity index (χ1v) is 7.21. The lowest BCUT2D eigenvalue weighted by molar-refractivity contribution is -0.140. The summed E-state index contributed by atoms with van der Waals surface area (Å²) >= 11 is 0. The number of hydrogen-bond donors (Lipinski definition) is 3. The summed E-state index contributed by atoms with van der Waals surface area (Å²) in [5, 5.41) is 14.5. The highest BCUT2D eigenvalue weighted by atomic mass is 16.4. The van der Waals surface area contributed by atoms with Crippen LogP contribution in [-0.4, -0.2) is 29.7 Å². The van der Waals surface area contributed by atoms with Crippen molar-refractivity contribution in [1.82, 2.24) is 10.6 Å². The SMILES string of the molecule is CC[C@H](C)[C@H](NC(=O)NCC1(CC)CCC1)C(=O)O. The van der Waals surface area contributed by atoms with Gasteiger partial charge in [-0.3, -0.25) is 0 Å². The minimum Gasteiger partial charge on any atom is -0.480 e. The van der Waals surface area contributed by atoms with Gasteiger partial charge in [0.05, 0.1) is 0 Å². The molecule has 0 aromatic rings. The maximum absolute atomic E-state index is 11.8. The fourth-order valence-corrected chi connectivity index (χ4v) is 2.48. The van der Waals surface area contributed by atoms with Crippen LogP contribution in [0.1, 0.15) is 52.9 Å². The quantitative estimate of drug-likeness (QED) is 0.664. The van der Waals surface area contributed by atoms with Crippen LogP contribution in [0.3, 0.4) is 0 Å². The molecule has 1 rings (SSSR count). The largest absolute Gasteiger partial charge is 0.480 e. The van der Waals surface area contributed by atoms with E-state index in [1.54, 1.807) is 0 Å². The highest BCUT2D eigenvalue weighted by molar-refractivity contribution is 5.82. The molecule has 0 bridgehead atoms. The molecule has 0 heterocycles. The van der Waals surface area contributed by atoms with Gasteiger partial charge >= 0.3 is 12.0 Å². The molecule has 5 nitrogen and oxygen atoms in total. The number of carboxylic acids is 1. The van der Waals surface area contributed by atoms with Crippen molar-refractivity contribution in [3.05, 3.63) is 0 Å². The summed E-state index contributed by atoms with van der Waals surface area (Å²) in [6.45, 7) is 6.53. The van der Waals surface area contributed by atoms with Gasteiger partial charge in [-0.05, 0) is 30.6 Å². The average molecular weight is 270 g/mol. The Bertz CT molecular complexity index is 321. The van der Waals surface area contributed by atoms with E-state index in [0.717, 1.165) is 25.7 Å². The Morgan fingerprint density at radius 3 is 2.32 bits per heavy atom. The number of urea groups is 1. The lowest BCUT2D eigenvalue weighted by Crippen LogP contribution is -2.51. The highest BCUT2D eigenvalue weighted by Crippen LogP contribution is 2.42. The number of amides is 2. The summed E-state index contributed by atoms with van der Waals surface area (Å²) in [5.74, 6) is -1.05. The van der Waals surface area contributed by atoms with Crippen molar-refractivity contribution in [1.29, 1.82) is 0 Å². The van der Waals surface area contributed by atoms with Gasteiger partial charge < -0.3 is 15.7 Å². The van der Waals surface area contributed by atoms with Crippen molar-refractivity contribution in [2.24, 2.45) is 11.3 Å². The second-order valence-electron chi connectivity index (χ2n) is 5.74. The zero-order valence-corrected chi connectivity index (χ0v) is 12.2. The zero-order valence-electron chi connectivity index (χ0n) is 12.2. The minimum atomic E-state index is -0.974. The van der Waals surface area contributed by atoms with E-state index in [9.17, 15) is 9.59 Å². The number of carbonyl (C=O) groups is 2. The Morgan fingerprint density at radius 2 is 1.95 bits per heavy atom. The van der Waals surface area contributed by atoms with E-state index >= 15 is 0 Å². The molecule has 1 saturated carbocycles. The van der Waals surface area contributed by atoms with Crippen LogP contribution in [-0.2, 0) is 4.79 Å². The van der Waals surface area contributed by atoms with Crippen molar-refractivity contribution >= 4 is 12.0 Å². The topological polar surface area (TPSA) is 78.4 Å². The van der Waals surface area contributed by atoms with E-state index < -0.39 is 12.0 Å². The van der Waals surface area contributed by atoms with Gasteiger partial charge in [-0.25, -0.2) is 9.59 Å². The third-order valence-electron chi connectivity index (χ3n) is 4.55. The molecule has 1 fully saturated rings. The lowest BCUT2D eigenvalue weighted by Gasteiger charge is -2.41. The monoisotopic (exact) mass is 270 g/mol. The number of hydrogen-bond acceptors (Lipinski definition) is 2. The van der Waals surface area contributed by atoms with E-state index in [1.165, 1.54) is 6.42 Å². The molecule has 0 spiro atoms. The predicted octanol–water partition coefficient (Wildman–Crippen LogP) is 2.37. The fourth-order valence-electron chi connectivity index (χ4n) is 2.48. The summed E-state index contributed by atoms with van der Waals surface area (Å²) < 4.78 is 0. The molecule has 2 amide bonds. The first-order chi connectivity index (χ1) is 8.94. The molecule has 19 heavy (non-hydrogen) atoms. The molecule has 0 aromatic heterocycles. The van der Waals surface area contributed by atoms with Crippen molar-refractivity contribution in [3.8, 4) is 0 Å². The van der Waals surface area contributed by atoms with Crippen LogP contribution in [0, 0.1) is 11.3 Å². The molecule has 0 saturated heterocycles. The van der Waals surface area contributed by atoms with Crippen LogP contribution in [0.2, 0.25) is 0 Å². The van der Waals surface area contributed by atoms with E-state index in [0.29, 0.717) is 6.54 Å². The summed E-state index contributed by atoms with van der Waals surface area (Å²) in [6.07, 6.45) is 5.30. The third-order valence-corrected chi connectivity index (χ3v) is 4.55. The maximum Gasteiger partial charge on any atom is 0.326 e. The molecule has 0 radical (unpaired) electrons. The lowest BCUT2D eigenvalue weighted by atomic mass is 9.67. The first-order valence-electron chi connectivity index (χ1n) is 7.21. The van der Waals surface area contributed by atoms with Crippen LogP contribution >= 0.6 is 0 Å². The van der Waals surface area contributed by atoms with Gasteiger partial charge in [-0.2, -0.15) is 0 Å². The average Bonchev–Trinajstić information content (AvgIpc) is 2.34. The number of nitrogens with one attached hydrogen (secondary N) is 2. The summed E-state index contributed by atoms with van der Waals surface area (Å²) in [6, 6.07) is -1.18. The summed E-state index contributed by atoms with van der Waals surface area (Å²) in [5.41, 5.74) is 0.242. The van der Waals surface area contributed by atoms with Crippen molar-refractivity contribution in [2.45, 2.75) is 58.9 Å². The molecule has 5 heteroatoms. The Balaban J connectivity index is 2.42. The normalized spacial score (nSPS) is 19.9. The Labute approximate surface area is 115 Å². The number of carbonyl (C=O) groups excluding carboxylic acids is 1. The number of rotatable bonds is 7. The first kappa shape index (κ1) is 15.8. The summed E-state index contributed by atoms with van der Waals surface area (Å²) in [4.78, 5) is 22.9. The van der Waals surface area contributed by atoms with Crippen LogP contribution in [0.15, 0.2) is 0 Å². The van der Waals surface area contributed by atoms with Gasteiger partial charge in [0.15, 0.2) is 0 Å². The van der Waals surface area contributed by atoms with Crippen LogP contribution < -0.4 is 10.6 Å². The van der Waals surface area contributed by atoms with Gasteiger partial charge in [-0.15, -0.1) is 0 Å². The van der Waals surface area contributed by atoms with Crippen molar-refractivity contribution in [3.63, 3.8) is 0 Å². The van der Waals surface area contributed by atoms with Crippen LogP contribution in [0.25, 0.3) is 0 Å². The third kappa shape index (κ3) is 4.11. The van der Waals surface area contributed by atoms with E-state index in [2.05, 4.69) is 17.6 Å². The van der Waals surface area contributed by atoms with Crippen LogP contribution in [0.4, 0.5) is 4.79 Å². The Hall–Kier alpha value is -1.26. The molecule has 0 aliphatic heterocycles. The number of aliphatic carboxylic acids is 1. The second kappa shape index (κ2) is 6.78. The minimum absolute atomic E-state index is 0.0768. The molecular weight excluding hydrogens is 244 g/mol. The second-order valence-corrected chi connectivity index (χ2v) is 5.74. The molecular formula is C14H26N2O3. The van der Waals surface area contributed by atoms with E-state index in [1.807, 2.05) is 13.8 Å². The predicted molar refractivity (Wildman–Crippen MR) is 74.0 cm³/mol. The molecule has 0 unspecified atom stereocenters. The van der Waals surface area contributed by atoms with Crippen molar-refractivity contribution < 1.29 is 14.7 Å². The van der Waals surface area contributed by atoms with Gasteiger partial charge in [0.1, 0.15) is 6.04 Å². The van der Waals surface area contributed by atoms with E-state index in [-0.39, 0.29) is 17.4 Å². The molecule has 1 aliphatic rings. The van der Waals surface area contributed by atoms with Gasteiger partial charge in [-0.1, -0.05) is 33.6 Å². The maximum atomic E-state index is 11.8. The molecule has 2 atom stereocenters. The van der Waals surface area contributed by atoms with Gasteiger partial charge in [0, 0.05) is 6.54 Å². The fraction of sp³-hybridized carbons (Fsp3) is 0.857. The van der Waals surface area contributed by atoms with Gasteiger partial charge in [0.25, 0.3) is 0 Å². The Kier molecular flexibility index (Phi) is 5.63. The molecule has 110 valence electrons.